The van der Waals surface area contributed by atoms with Gasteiger partial charge in [0.1, 0.15) is 0 Å². The Balaban J connectivity index is 0.00000110. The van der Waals surface area contributed by atoms with Gasteiger partial charge in [-0.3, -0.25) is 4.90 Å². The van der Waals surface area contributed by atoms with Gasteiger partial charge >= 0.3 is 0 Å². The molecule has 120 valence electrons. The molecule has 2 nitrogen and oxygen atoms in total. The van der Waals surface area contributed by atoms with Gasteiger partial charge < -0.3 is 5.32 Å². The summed E-state index contributed by atoms with van der Waals surface area (Å²) >= 11 is 0. The van der Waals surface area contributed by atoms with Crippen LogP contribution in [0, 0.1) is 19.8 Å². The third-order valence-corrected chi connectivity index (χ3v) is 5.11. The molecule has 2 fully saturated rings. The number of hydrogen-bond donors (Lipinski definition) is 1. The van der Waals surface area contributed by atoms with E-state index in [-0.39, 0.29) is 24.8 Å². The van der Waals surface area contributed by atoms with Gasteiger partial charge in [-0.05, 0) is 49.3 Å². The molecule has 1 saturated heterocycles. The van der Waals surface area contributed by atoms with E-state index in [0.29, 0.717) is 6.04 Å². The molecule has 1 aromatic carbocycles. The fraction of sp³-hybridized carbons (Fsp3) is 0.647. The molecule has 1 aliphatic heterocycles. The Morgan fingerprint density at radius 3 is 2.33 bits per heavy atom. The van der Waals surface area contributed by atoms with Gasteiger partial charge in [-0.25, -0.2) is 0 Å². The lowest BCUT2D eigenvalue weighted by atomic mass is 9.75. The van der Waals surface area contributed by atoms with Crippen molar-refractivity contribution in [2.75, 3.05) is 26.2 Å². The van der Waals surface area contributed by atoms with Crippen LogP contribution in [0.15, 0.2) is 18.2 Å². The van der Waals surface area contributed by atoms with Crippen molar-refractivity contribution in [3.63, 3.8) is 0 Å². The van der Waals surface area contributed by atoms with Crippen LogP contribution in [-0.4, -0.2) is 31.1 Å². The minimum atomic E-state index is 0. The second-order valence-corrected chi connectivity index (χ2v) is 6.21. The van der Waals surface area contributed by atoms with Gasteiger partial charge in [0, 0.05) is 32.2 Å². The number of benzene rings is 1. The number of aryl methyl sites for hydroxylation is 1. The maximum absolute atomic E-state index is 3.48. The van der Waals surface area contributed by atoms with Gasteiger partial charge in [-0.2, -0.15) is 0 Å². The van der Waals surface area contributed by atoms with E-state index in [1.807, 2.05) is 0 Å². The Hall–Kier alpha value is -0.280. The van der Waals surface area contributed by atoms with Crippen molar-refractivity contribution in [3.8, 4) is 0 Å². The van der Waals surface area contributed by atoms with Crippen molar-refractivity contribution < 1.29 is 0 Å². The summed E-state index contributed by atoms with van der Waals surface area (Å²) in [4.78, 5) is 2.72. The summed E-state index contributed by atoms with van der Waals surface area (Å²) in [5.41, 5.74) is 4.54. The van der Waals surface area contributed by atoms with Gasteiger partial charge in [-0.15, -0.1) is 24.8 Å². The smallest absolute Gasteiger partial charge is 0.0380 e. The van der Waals surface area contributed by atoms with Crippen LogP contribution in [0.5, 0.6) is 0 Å². The Kier molecular flexibility index (Phi) is 7.49. The molecule has 4 heteroatoms. The molecule has 1 N–H and O–H groups in total. The molecule has 0 aromatic heterocycles. The van der Waals surface area contributed by atoms with Crippen molar-refractivity contribution in [1.82, 2.24) is 10.2 Å². The largest absolute Gasteiger partial charge is 0.314 e. The molecule has 1 atom stereocenters. The molecule has 0 radical (unpaired) electrons. The van der Waals surface area contributed by atoms with Crippen LogP contribution >= 0.6 is 24.8 Å². The molecule has 0 spiro atoms. The van der Waals surface area contributed by atoms with Gasteiger partial charge in [0.2, 0.25) is 0 Å². The molecule has 1 saturated carbocycles. The highest BCUT2D eigenvalue weighted by atomic mass is 35.5. The number of rotatable bonds is 3. The Labute approximate surface area is 141 Å². The highest BCUT2D eigenvalue weighted by Gasteiger charge is 2.34. The zero-order valence-corrected chi connectivity index (χ0v) is 14.7. The Morgan fingerprint density at radius 1 is 1.10 bits per heavy atom. The van der Waals surface area contributed by atoms with Crippen molar-refractivity contribution in [2.45, 2.75) is 39.2 Å². The Morgan fingerprint density at radius 2 is 1.76 bits per heavy atom. The van der Waals surface area contributed by atoms with Gasteiger partial charge in [0.25, 0.3) is 0 Å². The fourth-order valence-corrected chi connectivity index (χ4v) is 3.56. The first kappa shape index (κ1) is 18.8. The zero-order chi connectivity index (χ0) is 13.2. The first-order valence-corrected chi connectivity index (χ1v) is 7.78. The van der Waals surface area contributed by atoms with E-state index >= 15 is 0 Å². The van der Waals surface area contributed by atoms with E-state index in [4.69, 9.17) is 0 Å². The van der Waals surface area contributed by atoms with Crippen molar-refractivity contribution in [2.24, 2.45) is 5.92 Å². The van der Waals surface area contributed by atoms with Crippen molar-refractivity contribution >= 4 is 24.8 Å². The molecule has 1 heterocycles. The van der Waals surface area contributed by atoms with Crippen LogP contribution < -0.4 is 5.32 Å². The zero-order valence-electron chi connectivity index (χ0n) is 13.1. The predicted molar refractivity (Wildman–Crippen MR) is 94.9 cm³/mol. The number of halogens is 2. The molecule has 2 aliphatic rings. The summed E-state index contributed by atoms with van der Waals surface area (Å²) in [5.74, 6) is 0.888. The topological polar surface area (TPSA) is 15.3 Å². The molecule has 1 aliphatic carbocycles. The van der Waals surface area contributed by atoms with Crippen LogP contribution in [0.2, 0.25) is 0 Å². The minimum absolute atomic E-state index is 0. The molecule has 1 aromatic rings. The summed E-state index contributed by atoms with van der Waals surface area (Å²) in [7, 11) is 0. The first-order chi connectivity index (χ1) is 9.27. The average molecular weight is 331 g/mol. The maximum Gasteiger partial charge on any atom is 0.0380 e. The highest BCUT2D eigenvalue weighted by molar-refractivity contribution is 5.85. The maximum atomic E-state index is 3.48. The summed E-state index contributed by atoms with van der Waals surface area (Å²) in [6.45, 7) is 9.25. The van der Waals surface area contributed by atoms with Crippen molar-refractivity contribution in [3.05, 3.63) is 34.9 Å². The molecule has 21 heavy (non-hydrogen) atoms. The van der Waals surface area contributed by atoms with Crippen LogP contribution in [0.25, 0.3) is 0 Å². The molecular formula is C17H28Cl2N2. The molecule has 0 bridgehead atoms. The predicted octanol–water partition coefficient (Wildman–Crippen LogP) is 3.89. The monoisotopic (exact) mass is 330 g/mol. The molecule has 0 amide bonds. The number of hydrogen-bond acceptors (Lipinski definition) is 2. The minimum Gasteiger partial charge on any atom is -0.314 e. The third kappa shape index (κ3) is 3.92. The van der Waals surface area contributed by atoms with Gasteiger partial charge in [0.05, 0.1) is 0 Å². The van der Waals surface area contributed by atoms with Crippen LogP contribution in [0.4, 0.5) is 0 Å². The number of piperazine rings is 1. The summed E-state index contributed by atoms with van der Waals surface area (Å²) in [5, 5.41) is 3.48. The summed E-state index contributed by atoms with van der Waals surface area (Å²) < 4.78 is 0. The lowest BCUT2D eigenvalue weighted by Crippen LogP contribution is -2.48. The van der Waals surface area contributed by atoms with E-state index < -0.39 is 0 Å². The van der Waals surface area contributed by atoms with Crippen LogP contribution in [0.1, 0.15) is 42.0 Å². The highest BCUT2D eigenvalue weighted by Crippen LogP contribution is 2.42. The first-order valence-electron chi connectivity index (χ1n) is 7.78. The van der Waals surface area contributed by atoms with Crippen LogP contribution in [-0.2, 0) is 0 Å². The average Bonchev–Trinajstić information content (AvgIpc) is 2.38. The number of nitrogens with zero attached hydrogens (tertiary/aromatic N) is 1. The molecule has 0 unspecified atom stereocenters. The normalized spacial score (nSPS) is 20.9. The van der Waals surface area contributed by atoms with Crippen molar-refractivity contribution in [1.29, 1.82) is 0 Å². The van der Waals surface area contributed by atoms with Gasteiger partial charge in [-0.1, -0.05) is 24.6 Å². The second kappa shape index (κ2) is 8.38. The fourth-order valence-electron chi connectivity index (χ4n) is 3.56. The number of nitrogens with one attached hydrogen (secondary N) is 1. The standard InChI is InChI=1S/C17H26N2.2ClH/c1-13-5-3-8-16(14(13)2)17(15-6-4-7-15)19-11-9-18-10-12-19;;/h3,5,8,15,17-18H,4,6-7,9-12H2,1-2H3;2*1H/t17-;;/m1../s1. The van der Waals surface area contributed by atoms with Crippen LogP contribution in [0.3, 0.4) is 0 Å². The lowest BCUT2D eigenvalue weighted by molar-refractivity contribution is 0.0832. The van der Waals surface area contributed by atoms with E-state index in [9.17, 15) is 0 Å². The van der Waals surface area contributed by atoms with E-state index in [1.54, 1.807) is 5.56 Å². The Bertz CT molecular complexity index is 440. The van der Waals surface area contributed by atoms with E-state index in [1.165, 1.54) is 43.5 Å². The summed E-state index contributed by atoms with van der Waals surface area (Å²) in [6, 6.07) is 7.52. The van der Waals surface area contributed by atoms with Gasteiger partial charge in [0.15, 0.2) is 0 Å². The lowest BCUT2D eigenvalue weighted by Gasteiger charge is -2.44. The van der Waals surface area contributed by atoms with E-state index in [2.05, 4.69) is 42.3 Å². The third-order valence-electron chi connectivity index (χ3n) is 5.11. The molecule has 3 rings (SSSR count). The second-order valence-electron chi connectivity index (χ2n) is 6.21. The van der Waals surface area contributed by atoms with E-state index in [0.717, 1.165) is 19.0 Å². The SMILES string of the molecule is Cc1cccc([C@@H](C2CCC2)N2CCNCC2)c1C.Cl.Cl. The quantitative estimate of drug-likeness (QED) is 0.904. The molecular weight excluding hydrogens is 303 g/mol. The summed E-state index contributed by atoms with van der Waals surface area (Å²) in [6.07, 6.45) is 4.27.